The summed E-state index contributed by atoms with van der Waals surface area (Å²) in [4.78, 5) is 13.9. The smallest absolute Gasteiger partial charge is 0.410 e. The number of halogens is 1. The highest BCUT2D eigenvalue weighted by atomic mass is 79.9. The lowest BCUT2D eigenvalue weighted by atomic mass is 10.1. The molecule has 1 aromatic carbocycles. The van der Waals surface area contributed by atoms with Crippen LogP contribution >= 0.6 is 15.9 Å². The molecule has 0 saturated carbocycles. The van der Waals surface area contributed by atoms with E-state index in [4.69, 9.17) is 4.74 Å². The van der Waals surface area contributed by atoms with Crippen molar-refractivity contribution in [1.82, 2.24) is 10.2 Å². The zero-order valence-electron chi connectivity index (χ0n) is 15.2. The van der Waals surface area contributed by atoms with E-state index in [9.17, 15) is 4.79 Å². The van der Waals surface area contributed by atoms with E-state index in [1.165, 1.54) is 11.1 Å². The van der Waals surface area contributed by atoms with Crippen molar-refractivity contribution in [3.8, 4) is 0 Å². The molecule has 1 aliphatic rings. The Bertz CT molecular complexity index is 569. The van der Waals surface area contributed by atoms with Crippen LogP contribution in [0.15, 0.2) is 22.7 Å². The Hall–Kier alpha value is -1.07. The SMILES string of the molecule is CCN(CCCNC1CCc2ccc(Br)cc21)C(=O)OC(C)(C)C. The normalized spacial score (nSPS) is 16.8. The Morgan fingerprint density at radius 1 is 1.42 bits per heavy atom. The maximum Gasteiger partial charge on any atom is 0.410 e. The van der Waals surface area contributed by atoms with Gasteiger partial charge in [-0.2, -0.15) is 0 Å². The molecule has 0 radical (unpaired) electrons. The zero-order chi connectivity index (χ0) is 17.7. The van der Waals surface area contributed by atoms with E-state index in [1.54, 1.807) is 4.90 Å². The Morgan fingerprint density at radius 2 is 2.17 bits per heavy atom. The molecule has 134 valence electrons. The molecule has 0 saturated heterocycles. The van der Waals surface area contributed by atoms with Gasteiger partial charge in [-0.15, -0.1) is 0 Å². The summed E-state index contributed by atoms with van der Waals surface area (Å²) in [6, 6.07) is 6.97. The Balaban J connectivity index is 1.77. The number of fused-ring (bicyclic) bond motifs is 1. The average Bonchev–Trinajstić information content (AvgIpc) is 2.87. The summed E-state index contributed by atoms with van der Waals surface area (Å²) in [5.74, 6) is 0. The van der Waals surface area contributed by atoms with Crippen molar-refractivity contribution in [2.24, 2.45) is 0 Å². The Kier molecular flexibility index (Phi) is 6.70. The number of nitrogens with one attached hydrogen (secondary N) is 1. The van der Waals surface area contributed by atoms with Gasteiger partial charge in [-0.25, -0.2) is 4.79 Å². The number of amides is 1. The Labute approximate surface area is 154 Å². The van der Waals surface area contributed by atoms with Gasteiger partial charge in [0.25, 0.3) is 0 Å². The molecule has 4 nitrogen and oxygen atoms in total. The third-order valence-electron chi connectivity index (χ3n) is 4.21. The standard InChI is InChI=1S/C19H29BrN2O2/c1-5-22(18(23)24-19(2,3)4)12-6-11-21-17-10-8-14-7-9-15(20)13-16(14)17/h7,9,13,17,21H,5-6,8,10-12H2,1-4H3. The second-order valence-corrected chi connectivity index (χ2v) is 8.22. The maximum atomic E-state index is 12.1. The van der Waals surface area contributed by atoms with Gasteiger partial charge in [0.1, 0.15) is 5.60 Å². The van der Waals surface area contributed by atoms with Crippen LogP contribution in [0.5, 0.6) is 0 Å². The summed E-state index contributed by atoms with van der Waals surface area (Å²) in [7, 11) is 0. The highest BCUT2D eigenvalue weighted by Crippen LogP contribution is 2.32. The molecule has 5 heteroatoms. The topological polar surface area (TPSA) is 41.6 Å². The van der Waals surface area contributed by atoms with Crippen molar-refractivity contribution >= 4 is 22.0 Å². The van der Waals surface area contributed by atoms with Gasteiger partial charge >= 0.3 is 6.09 Å². The molecule has 1 amide bonds. The van der Waals surface area contributed by atoms with Crippen molar-refractivity contribution < 1.29 is 9.53 Å². The molecule has 1 unspecified atom stereocenters. The van der Waals surface area contributed by atoms with Crippen LogP contribution in [-0.4, -0.2) is 36.2 Å². The summed E-state index contributed by atoms with van der Waals surface area (Å²) in [5, 5.41) is 3.63. The fourth-order valence-electron chi connectivity index (χ4n) is 3.04. The molecule has 0 bridgehead atoms. The van der Waals surface area contributed by atoms with Gasteiger partial charge in [0.15, 0.2) is 0 Å². The molecule has 1 aromatic rings. The lowest BCUT2D eigenvalue weighted by Crippen LogP contribution is -2.38. The quantitative estimate of drug-likeness (QED) is 0.710. The van der Waals surface area contributed by atoms with Crippen LogP contribution < -0.4 is 5.32 Å². The van der Waals surface area contributed by atoms with E-state index in [-0.39, 0.29) is 6.09 Å². The molecule has 1 atom stereocenters. The molecule has 0 spiro atoms. The first kappa shape index (κ1) is 19.3. The first-order chi connectivity index (χ1) is 11.3. The molecule has 24 heavy (non-hydrogen) atoms. The predicted molar refractivity (Wildman–Crippen MR) is 101 cm³/mol. The zero-order valence-corrected chi connectivity index (χ0v) is 16.8. The second-order valence-electron chi connectivity index (χ2n) is 7.30. The van der Waals surface area contributed by atoms with E-state index in [0.29, 0.717) is 12.6 Å². The minimum atomic E-state index is -0.441. The van der Waals surface area contributed by atoms with Crippen molar-refractivity contribution in [1.29, 1.82) is 0 Å². The number of nitrogens with zero attached hydrogens (tertiary/aromatic N) is 1. The molecule has 1 aliphatic carbocycles. The van der Waals surface area contributed by atoms with E-state index >= 15 is 0 Å². The van der Waals surface area contributed by atoms with Gasteiger partial charge < -0.3 is 15.0 Å². The molecule has 0 heterocycles. The van der Waals surface area contributed by atoms with Crippen LogP contribution in [0.25, 0.3) is 0 Å². The monoisotopic (exact) mass is 396 g/mol. The van der Waals surface area contributed by atoms with Crippen LogP contribution in [-0.2, 0) is 11.2 Å². The van der Waals surface area contributed by atoms with Crippen molar-refractivity contribution in [3.05, 3.63) is 33.8 Å². The minimum Gasteiger partial charge on any atom is -0.444 e. The third-order valence-corrected chi connectivity index (χ3v) is 4.71. The number of hydrogen-bond donors (Lipinski definition) is 1. The maximum absolute atomic E-state index is 12.1. The van der Waals surface area contributed by atoms with Gasteiger partial charge in [-0.3, -0.25) is 0 Å². The lowest BCUT2D eigenvalue weighted by molar-refractivity contribution is 0.0258. The summed E-state index contributed by atoms with van der Waals surface area (Å²) < 4.78 is 6.58. The molecule has 1 N–H and O–H groups in total. The van der Waals surface area contributed by atoms with E-state index in [0.717, 1.165) is 36.8 Å². The number of benzene rings is 1. The highest BCUT2D eigenvalue weighted by Gasteiger charge is 2.23. The first-order valence-electron chi connectivity index (χ1n) is 8.80. The van der Waals surface area contributed by atoms with Crippen LogP contribution in [0.2, 0.25) is 0 Å². The van der Waals surface area contributed by atoms with Gasteiger partial charge in [0, 0.05) is 23.6 Å². The lowest BCUT2D eigenvalue weighted by Gasteiger charge is -2.26. The fraction of sp³-hybridized carbons (Fsp3) is 0.632. The molecule has 2 rings (SSSR count). The largest absolute Gasteiger partial charge is 0.444 e. The van der Waals surface area contributed by atoms with Crippen LogP contribution in [0.3, 0.4) is 0 Å². The van der Waals surface area contributed by atoms with E-state index in [1.807, 2.05) is 27.7 Å². The van der Waals surface area contributed by atoms with Crippen molar-refractivity contribution in [3.63, 3.8) is 0 Å². The van der Waals surface area contributed by atoms with Crippen LogP contribution in [0, 0.1) is 0 Å². The summed E-state index contributed by atoms with van der Waals surface area (Å²) in [6.07, 6.45) is 2.99. The second kappa shape index (κ2) is 8.34. The van der Waals surface area contributed by atoms with Gasteiger partial charge in [-0.05, 0) is 76.8 Å². The molecule has 0 aliphatic heterocycles. The fourth-order valence-corrected chi connectivity index (χ4v) is 3.42. The number of ether oxygens (including phenoxy) is 1. The summed E-state index contributed by atoms with van der Waals surface area (Å²) in [5.41, 5.74) is 2.41. The number of rotatable bonds is 6. The summed E-state index contributed by atoms with van der Waals surface area (Å²) in [6.45, 7) is 9.98. The average molecular weight is 397 g/mol. The third kappa shape index (κ3) is 5.49. The molecular weight excluding hydrogens is 368 g/mol. The van der Waals surface area contributed by atoms with Gasteiger partial charge in [0.05, 0.1) is 0 Å². The van der Waals surface area contributed by atoms with Crippen LogP contribution in [0.1, 0.15) is 57.7 Å². The van der Waals surface area contributed by atoms with Crippen molar-refractivity contribution in [2.45, 2.75) is 58.6 Å². The summed E-state index contributed by atoms with van der Waals surface area (Å²) >= 11 is 3.56. The molecule has 0 fully saturated rings. The van der Waals surface area contributed by atoms with Crippen LogP contribution in [0.4, 0.5) is 4.79 Å². The number of hydrogen-bond acceptors (Lipinski definition) is 3. The molecular formula is C19H29BrN2O2. The van der Waals surface area contributed by atoms with Gasteiger partial charge in [0.2, 0.25) is 0 Å². The van der Waals surface area contributed by atoms with E-state index < -0.39 is 5.60 Å². The van der Waals surface area contributed by atoms with E-state index in [2.05, 4.69) is 39.4 Å². The Morgan fingerprint density at radius 3 is 2.83 bits per heavy atom. The predicted octanol–water partition coefficient (Wildman–Crippen LogP) is 4.67. The molecule has 0 aromatic heterocycles. The number of aryl methyl sites for hydroxylation is 1. The minimum absolute atomic E-state index is 0.222. The number of carbonyl (C=O) groups is 1. The van der Waals surface area contributed by atoms with Crippen molar-refractivity contribution in [2.75, 3.05) is 19.6 Å². The number of carbonyl (C=O) groups excluding carboxylic acids is 1. The first-order valence-corrected chi connectivity index (χ1v) is 9.59. The van der Waals surface area contributed by atoms with Gasteiger partial charge in [-0.1, -0.05) is 22.0 Å². The highest BCUT2D eigenvalue weighted by molar-refractivity contribution is 9.10.